The van der Waals surface area contributed by atoms with Crippen molar-refractivity contribution in [2.75, 3.05) is 7.11 Å². The fourth-order valence-corrected chi connectivity index (χ4v) is 9.72. The Balaban J connectivity index is 1.59. The van der Waals surface area contributed by atoms with Crippen LogP contribution in [0.25, 0.3) is 0 Å². The first-order valence-corrected chi connectivity index (χ1v) is 14.3. The molecule has 7 heteroatoms. The molecular weight excluding hydrogens is 496 g/mol. The molecule has 3 fully saturated rings. The van der Waals surface area contributed by atoms with E-state index in [4.69, 9.17) is 18.6 Å². The summed E-state index contributed by atoms with van der Waals surface area (Å²) in [5, 5.41) is 0. The number of unbranched alkanes of at least 4 members (excludes halogenated alkanes) is 1. The zero-order valence-corrected chi connectivity index (χ0v) is 24.1. The zero-order chi connectivity index (χ0) is 28.2. The van der Waals surface area contributed by atoms with Crippen LogP contribution in [0.5, 0.6) is 0 Å². The number of methoxy groups -OCH3 is 1. The number of hydrogen-bond donors (Lipinski definition) is 0. The van der Waals surface area contributed by atoms with Gasteiger partial charge in [-0.3, -0.25) is 14.4 Å². The van der Waals surface area contributed by atoms with Gasteiger partial charge in [-0.1, -0.05) is 33.3 Å². The second-order valence-electron chi connectivity index (χ2n) is 13.5. The Morgan fingerprint density at radius 2 is 1.90 bits per heavy atom. The summed E-state index contributed by atoms with van der Waals surface area (Å²) >= 11 is 0. The van der Waals surface area contributed by atoms with Gasteiger partial charge in [-0.15, -0.1) is 0 Å². The molecule has 1 spiro atoms. The molecule has 5 aliphatic rings. The predicted octanol–water partition coefficient (Wildman–Crippen LogP) is 5.69. The molecule has 0 bridgehead atoms. The third-order valence-electron chi connectivity index (χ3n) is 11.3. The van der Waals surface area contributed by atoms with Crippen LogP contribution in [0, 0.1) is 27.6 Å². The van der Waals surface area contributed by atoms with Gasteiger partial charge < -0.3 is 18.6 Å². The number of rotatable bonds is 6. The monoisotopic (exact) mass is 536 g/mol. The third-order valence-corrected chi connectivity index (χ3v) is 11.3. The molecule has 1 saturated heterocycles. The van der Waals surface area contributed by atoms with E-state index in [9.17, 15) is 14.4 Å². The van der Waals surface area contributed by atoms with E-state index in [-0.39, 0.29) is 35.3 Å². The van der Waals surface area contributed by atoms with E-state index in [1.807, 2.05) is 39.8 Å². The summed E-state index contributed by atoms with van der Waals surface area (Å²) < 4.78 is 24.5. The number of ketones is 2. The molecule has 1 aliphatic heterocycles. The minimum absolute atomic E-state index is 0.0716. The SMILES string of the molecule is CCCCC(=O)O[C@@H]1C[C@@]2(C)[C@H](c3ccoc3)C[C@H]3O[C@]32[C@]2(C)C(=O)C(OC)=C3C(C)(C)C(=O)C=C[C@]3(C)[C@@H]12. The molecule has 7 nitrogen and oxygen atoms in total. The van der Waals surface area contributed by atoms with Crippen molar-refractivity contribution in [3.63, 3.8) is 0 Å². The first-order valence-electron chi connectivity index (χ1n) is 14.3. The molecule has 210 valence electrons. The van der Waals surface area contributed by atoms with E-state index in [1.54, 1.807) is 18.6 Å². The zero-order valence-electron chi connectivity index (χ0n) is 24.1. The lowest BCUT2D eigenvalue weighted by Gasteiger charge is -2.64. The molecule has 0 unspecified atom stereocenters. The van der Waals surface area contributed by atoms with Crippen molar-refractivity contribution in [3.8, 4) is 0 Å². The van der Waals surface area contributed by atoms with Gasteiger partial charge in [-0.05, 0) is 69.2 Å². The standard InChI is InChI=1S/C32H40O7/c1-8-9-10-23(34)38-20-16-30(5)19(18-12-14-37-17-18)15-22-32(30,39-22)31(6)25(20)29(4)13-11-21(33)28(2,3)26(29)24(36-7)27(31)35/h11-14,17,19-20,22,25H,8-10,15-16H2,1-7H3/t19-,20+,22+,25+,29+,30-,31-,32+/m0/s1. The molecule has 1 aromatic rings. The van der Waals surface area contributed by atoms with Gasteiger partial charge >= 0.3 is 5.97 Å². The van der Waals surface area contributed by atoms with Crippen molar-refractivity contribution >= 4 is 17.5 Å². The highest BCUT2D eigenvalue weighted by Crippen LogP contribution is 2.81. The molecule has 2 heterocycles. The summed E-state index contributed by atoms with van der Waals surface area (Å²) in [5.74, 6) is -0.575. The maximum Gasteiger partial charge on any atom is 0.306 e. The minimum Gasteiger partial charge on any atom is -0.493 e. The van der Waals surface area contributed by atoms with Crippen LogP contribution in [-0.4, -0.2) is 42.5 Å². The summed E-state index contributed by atoms with van der Waals surface area (Å²) in [6.07, 6.45) is 9.65. The van der Waals surface area contributed by atoms with E-state index in [1.165, 1.54) is 7.11 Å². The highest BCUT2D eigenvalue weighted by molar-refractivity contribution is 6.06. The maximum absolute atomic E-state index is 14.9. The first kappa shape index (κ1) is 26.5. The van der Waals surface area contributed by atoms with Crippen LogP contribution in [0.4, 0.5) is 0 Å². The Morgan fingerprint density at radius 3 is 2.54 bits per heavy atom. The average molecular weight is 537 g/mol. The van der Waals surface area contributed by atoms with Gasteiger partial charge in [0.1, 0.15) is 11.7 Å². The molecular formula is C32H40O7. The van der Waals surface area contributed by atoms with Gasteiger partial charge in [0, 0.05) is 23.2 Å². The van der Waals surface area contributed by atoms with Crippen LogP contribution in [0.15, 0.2) is 46.5 Å². The number of Topliss-reactive ketones (excluding diaryl/α,β-unsaturated/α-hetero) is 1. The number of furan rings is 1. The maximum atomic E-state index is 14.9. The molecule has 39 heavy (non-hydrogen) atoms. The van der Waals surface area contributed by atoms with Crippen LogP contribution >= 0.6 is 0 Å². The molecule has 1 aromatic heterocycles. The van der Waals surface area contributed by atoms with Crippen LogP contribution in [-0.2, 0) is 28.6 Å². The van der Waals surface area contributed by atoms with Gasteiger partial charge in [-0.25, -0.2) is 0 Å². The molecule has 0 amide bonds. The number of allylic oxidation sites excluding steroid dienone is 4. The minimum atomic E-state index is -1.05. The lowest BCUT2D eigenvalue weighted by molar-refractivity contribution is -0.202. The summed E-state index contributed by atoms with van der Waals surface area (Å²) in [6.45, 7) is 12.0. The molecule has 0 radical (unpaired) electrons. The van der Waals surface area contributed by atoms with Crippen molar-refractivity contribution in [3.05, 3.63) is 47.6 Å². The quantitative estimate of drug-likeness (QED) is 0.340. The molecule has 0 N–H and O–H groups in total. The van der Waals surface area contributed by atoms with Crippen LogP contribution < -0.4 is 0 Å². The van der Waals surface area contributed by atoms with Crippen LogP contribution in [0.3, 0.4) is 0 Å². The summed E-state index contributed by atoms with van der Waals surface area (Å²) in [4.78, 5) is 41.3. The Bertz CT molecular complexity index is 1300. The van der Waals surface area contributed by atoms with E-state index >= 15 is 0 Å². The molecule has 0 aromatic carbocycles. The number of carbonyl (C=O) groups excluding carboxylic acids is 3. The van der Waals surface area contributed by atoms with Gasteiger partial charge in [0.2, 0.25) is 5.78 Å². The predicted molar refractivity (Wildman–Crippen MR) is 142 cm³/mol. The summed E-state index contributed by atoms with van der Waals surface area (Å²) in [7, 11) is 1.51. The Morgan fingerprint density at radius 1 is 1.15 bits per heavy atom. The average Bonchev–Trinajstić information content (AvgIpc) is 3.24. The van der Waals surface area contributed by atoms with Gasteiger partial charge in [0.05, 0.1) is 36.6 Å². The molecule has 6 rings (SSSR count). The van der Waals surface area contributed by atoms with Crippen molar-refractivity contribution in [1.29, 1.82) is 0 Å². The van der Waals surface area contributed by atoms with Gasteiger partial charge in [-0.2, -0.15) is 0 Å². The molecule has 8 atom stereocenters. The van der Waals surface area contributed by atoms with Gasteiger partial charge in [0.25, 0.3) is 0 Å². The second kappa shape index (κ2) is 8.18. The number of epoxide rings is 1. The fourth-order valence-electron chi connectivity index (χ4n) is 9.72. The topological polar surface area (TPSA) is 95.3 Å². The van der Waals surface area contributed by atoms with E-state index in [0.29, 0.717) is 18.4 Å². The van der Waals surface area contributed by atoms with Crippen LogP contribution in [0.2, 0.25) is 0 Å². The largest absolute Gasteiger partial charge is 0.493 e. The second-order valence-corrected chi connectivity index (χ2v) is 13.5. The summed E-state index contributed by atoms with van der Waals surface area (Å²) in [6, 6.07) is 1.99. The molecule has 2 saturated carbocycles. The van der Waals surface area contributed by atoms with Crippen molar-refractivity contribution in [1.82, 2.24) is 0 Å². The van der Waals surface area contributed by atoms with E-state index in [2.05, 4.69) is 13.8 Å². The lowest BCUT2D eigenvalue weighted by Crippen LogP contribution is -2.70. The number of carbonyl (C=O) groups is 3. The van der Waals surface area contributed by atoms with Gasteiger partial charge in [0.15, 0.2) is 11.5 Å². The third kappa shape index (κ3) is 3.00. The van der Waals surface area contributed by atoms with E-state index in [0.717, 1.165) is 24.8 Å². The Kier molecular flexibility index (Phi) is 5.57. The highest BCUT2D eigenvalue weighted by atomic mass is 16.6. The highest BCUT2D eigenvalue weighted by Gasteiger charge is 2.89. The van der Waals surface area contributed by atoms with Crippen molar-refractivity contribution in [2.24, 2.45) is 27.6 Å². The summed E-state index contributed by atoms with van der Waals surface area (Å²) in [5.41, 5.74) is -2.26. The number of esters is 1. The van der Waals surface area contributed by atoms with Crippen molar-refractivity contribution < 1.29 is 33.0 Å². The van der Waals surface area contributed by atoms with E-state index < -0.39 is 39.3 Å². The number of fused-ring (bicyclic) bond motifs is 3. The molecule has 4 aliphatic carbocycles. The number of ether oxygens (including phenoxy) is 3. The van der Waals surface area contributed by atoms with Crippen LogP contribution in [0.1, 0.15) is 85.1 Å². The first-order chi connectivity index (χ1) is 18.3. The lowest BCUT2D eigenvalue weighted by atomic mass is 9.38. The Labute approximate surface area is 230 Å². The van der Waals surface area contributed by atoms with Crippen molar-refractivity contribution in [2.45, 2.75) is 97.4 Å². The Hall–Kier alpha value is -2.67. The smallest absolute Gasteiger partial charge is 0.306 e. The fraction of sp³-hybridized carbons (Fsp3) is 0.656. The normalized spacial score (nSPS) is 43.4. The number of hydrogen-bond acceptors (Lipinski definition) is 7.